The van der Waals surface area contributed by atoms with Crippen LogP contribution in [0.3, 0.4) is 0 Å². The topological polar surface area (TPSA) is 36.3 Å². The first-order valence-corrected chi connectivity index (χ1v) is 5.99. The van der Waals surface area contributed by atoms with E-state index in [9.17, 15) is 0 Å². The highest BCUT2D eigenvalue weighted by Gasteiger charge is 2.06. The van der Waals surface area contributed by atoms with E-state index in [0.717, 1.165) is 17.3 Å². The lowest BCUT2D eigenvalue weighted by Gasteiger charge is -2.12. The van der Waals surface area contributed by atoms with E-state index in [1.54, 1.807) is 13.3 Å². The van der Waals surface area contributed by atoms with Gasteiger partial charge in [0.2, 0.25) is 0 Å². The summed E-state index contributed by atoms with van der Waals surface area (Å²) in [4.78, 5) is 4.30. The normalized spacial score (nSPS) is 10.7. The Morgan fingerprint density at radius 2 is 1.83 bits per heavy atom. The summed E-state index contributed by atoms with van der Waals surface area (Å²) in [5.41, 5.74) is 0. The molecule has 0 unspecified atom stereocenters. The zero-order valence-corrected chi connectivity index (χ0v) is 11.0. The molecule has 1 aromatic carbocycles. The summed E-state index contributed by atoms with van der Waals surface area (Å²) in [6, 6.07) is 7.93. The maximum atomic E-state index is 5.70. The molecule has 0 N–H and O–H groups in total. The van der Waals surface area contributed by atoms with E-state index in [-0.39, 0.29) is 0 Å². The fourth-order valence-electron chi connectivity index (χ4n) is 1.75. The van der Waals surface area contributed by atoms with Crippen molar-refractivity contribution in [2.24, 2.45) is 0 Å². The summed E-state index contributed by atoms with van der Waals surface area (Å²) in [5, 5.41) is 0. The third-order valence-corrected chi connectivity index (χ3v) is 2.73. The summed E-state index contributed by atoms with van der Waals surface area (Å²) in [7, 11) is 1.65. The van der Waals surface area contributed by atoms with Gasteiger partial charge >= 0.3 is 0 Å². The van der Waals surface area contributed by atoms with Crippen molar-refractivity contribution in [3.63, 3.8) is 0 Å². The van der Waals surface area contributed by atoms with Gasteiger partial charge in [-0.3, -0.25) is 0 Å². The van der Waals surface area contributed by atoms with E-state index < -0.39 is 0 Å². The third-order valence-electron chi connectivity index (χ3n) is 2.73. The molecule has 0 fully saturated rings. The van der Waals surface area contributed by atoms with Gasteiger partial charge in [-0.25, -0.2) is 4.98 Å². The van der Waals surface area contributed by atoms with Gasteiger partial charge in [-0.05, 0) is 38.1 Å². The van der Waals surface area contributed by atoms with E-state index in [1.165, 1.54) is 0 Å². The number of ether oxygens (including phenoxy) is 2. The van der Waals surface area contributed by atoms with Crippen LogP contribution in [0, 0.1) is 0 Å². The maximum Gasteiger partial charge on any atom is 0.146 e. The summed E-state index contributed by atoms with van der Waals surface area (Å²) in [6.45, 7) is 4.72. The molecule has 0 bridgehead atoms. The molecule has 18 heavy (non-hydrogen) atoms. The first kappa shape index (κ1) is 12.5. The molecule has 2 aromatic rings. The predicted octanol–water partition coefficient (Wildman–Crippen LogP) is 3.05. The molecular weight excluding hydrogens is 228 g/mol. The Morgan fingerprint density at radius 3 is 2.44 bits per heavy atom. The van der Waals surface area contributed by atoms with Crippen LogP contribution in [-0.4, -0.2) is 16.7 Å². The number of rotatable bonds is 5. The largest absolute Gasteiger partial charge is 0.497 e. The number of methoxy groups -OCH3 is 1. The van der Waals surface area contributed by atoms with Gasteiger partial charge in [-0.15, -0.1) is 0 Å². The molecule has 0 spiro atoms. The Bertz CT molecular complexity index is 489. The number of benzene rings is 1. The quantitative estimate of drug-likeness (QED) is 0.813. The lowest BCUT2D eigenvalue weighted by Crippen LogP contribution is -2.08. The molecule has 0 radical (unpaired) electrons. The van der Waals surface area contributed by atoms with Crippen LogP contribution in [0.25, 0.3) is 0 Å². The zero-order chi connectivity index (χ0) is 13.0. The molecule has 1 aromatic heterocycles. The molecule has 0 saturated carbocycles. The number of hydrogen-bond donors (Lipinski definition) is 0. The van der Waals surface area contributed by atoms with Crippen molar-refractivity contribution >= 4 is 0 Å². The smallest absolute Gasteiger partial charge is 0.146 e. The minimum atomic E-state index is 0.391. The van der Waals surface area contributed by atoms with Crippen molar-refractivity contribution < 1.29 is 9.47 Å². The van der Waals surface area contributed by atoms with Gasteiger partial charge in [-0.2, -0.15) is 0 Å². The van der Waals surface area contributed by atoms with Gasteiger partial charge in [0.15, 0.2) is 0 Å². The molecule has 2 rings (SSSR count). The molecule has 1 heterocycles. The minimum Gasteiger partial charge on any atom is -0.497 e. The SMILES string of the molecule is COc1ccc(OCc2nccn2C(C)C)cc1. The van der Waals surface area contributed by atoms with Crippen LogP contribution in [0.1, 0.15) is 25.7 Å². The molecule has 0 amide bonds. The molecule has 0 aliphatic rings. The van der Waals surface area contributed by atoms with Crippen molar-refractivity contribution in [2.75, 3.05) is 7.11 Å². The summed E-state index contributed by atoms with van der Waals surface area (Å²) < 4.78 is 12.9. The Morgan fingerprint density at radius 1 is 1.17 bits per heavy atom. The van der Waals surface area contributed by atoms with Gasteiger partial charge in [0, 0.05) is 18.4 Å². The summed E-state index contributed by atoms with van der Waals surface area (Å²) in [6.07, 6.45) is 3.77. The van der Waals surface area contributed by atoms with Crippen LogP contribution in [0.15, 0.2) is 36.7 Å². The van der Waals surface area contributed by atoms with Crippen LogP contribution in [0.2, 0.25) is 0 Å². The fraction of sp³-hybridized carbons (Fsp3) is 0.357. The molecule has 4 heteroatoms. The van der Waals surface area contributed by atoms with Crippen molar-refractivity contribution in [2.45, 2.75) is 26.5 Å². The molecular formula is C14H18N2O2. The Balaban J connectivity index is 2.00. The van der Waals surface area contributed by atoms with Crippen LogP contribution in [0.4, 0.5) is 0 Å². The van der Waals surface area contributed by atoms with Crippen molar-refractivity contribution in [3.8, 4) is 11.5 Å². The Labute approximate surface area is 107 Å². The average molecular weight is 246 g/mol. The Hall–Kier alpha value is -1.97. The second-order valence-electron chi connectivity index (χ2n) is 4.31. The van der Waals surface area contributed by atoms with Gasteiger partial charge in [-0.1, -0.05) is 0 Å². The monoisotopic (exact) mass is 246 g/mol. The molecule has 0 aliphatic heterocycles. The van der Waals surface area contributed by atoms with Crippen LogP contribution >= 0.6 is 0 Å². The van der Waals surface area contributed by atoms with Gasteiger partial charge in [0.25, 0.3) is 0 Å². The van der Waals surface area contributed by atoms with Gasteiger partial charge in [0.1, 0.15) is 23.9 Å². The molecule has 0 aliphatic carbocycles. The zero-order valence-electron chi connectivity index (χ0n) is 11.0. The molecule has 4 nitrogen and oxygen atoms in total. The highest BCUT2D eigenvalue weighted by atomic mass is 16.5. The first-order valence-electron chi connectivity index (χ1n) is 5.99. The fourth-order valence-corrected chi connectivity index (χ4v) is 1.75. The first-order chi connectivity index (χ1) is 8.70. The molecule has 96 valence electrons. The van der Waals surface area contributed by atoms with Gasteiger partial charge < -0.3 is 14.0 Å². The summed E-state index contributed by atoms with van der Waals surface area (Å²) in [5.74, 6) is 2.57. The standard InChI is InChI=1S/C14H18N2O2/c1-11(2)16-9-8-15-14(16)10-18-13-6-4-12(17-3)5-7-13/h4-9,11H,10H2,1-3H3. The highest BCUT2D eigenvalue weighted by Crippen LogP contribution is 2.18. The molecule has 0 saturated heterocycles. The van der Waals surface area contributed by atoms with Crippen LogP contribution < -0.4 is 9.47 Å². The second kappa shape index (κ2) is 5.58. The number of nitrogens with zero attached hydrogens (tertiary/aromatic N) is 2. The predicted molar refractivity (Wildman–Crippen MR) is 69.9 cm³/mol. The third kappa shape index (κ3) is 2.83. The molecule has 0 atom stereocenters. The van der Waals surface area contributed by atoms with Crippen molar-refractivity contribution in [1.29, 1.82) is 0 Å². The van der Waals surface area contributed by atoms with E-state index >= 15 is 0 Å². The van der Waals surface area contributed by atoms with E-state index in [4.69, 9.17) is 9.47 Å². The number of hydrogen-bond acceptors (Lipinski definition) is 3. The van der Waals surface area contributed by atoms with Gasteiger partial charge in [0.05, 0.1) is 7.11 Å². The summed E-state index contributed by atoms with van der Waals surface area (Å²) >= 11 is 0. The van der Waals surface area contributed by atoms with E-state index in [2.05, 4.69) is 23.4 Å². The Kier molecular flexibility index (Phi) is 3.87. The lowest BCUT2D eigenvalue weighted by atomic mass is 10.3. The van der Waals surface area contributed by atoms with Crippen LogP contribution in [0.5, 0.6) is 11.5 Å². The lowest BCUT2D eigenvalue weighted by molar-refractivity contribution is 0.286. The maximum absolute atomic E-state index is 5.70. The van der Waals surface area contributed by atoms with E-state index in [0.29, 0.717) is 12.6 Å². The minimum absolute atomic E-state index is 0.391. The number of imidazole rings is 1. The van der Waals surface area contributed by atoms with Crippen molar-refractivity contribution in [3.05, 3.63) is 42.5 Å². The highest BCUT2D eigenvalue weighted by molar-refractivity contribution is 5.31. The number of aromatic nitrogens is 2. The second-order valence-corrected chi connectivity index (χ2v) is 4.31. The van der Waals surface area contributed by atoms with Crippen molar-refractivity contribution in [1.82, 2.24) is 9.55 Å². The average Bonchev–Trinajstić information content (AvgIpc) is 2.85. The van der Waals surface area contributed by atoms with E-state index in [1.807, 2.05) is 30.5 Å². The van der Waals surface area contributed by atoms with Crippen LogP contribution in [-0.2, 0) is 6.61 Å².